The summed E-state index contributed by atoms with van der Waals surface area (Å²) in [4.78, 5) is 17.0. The maximum Gasteiger partial charge on any atom is 0.303 e. The summed E-state index contributed by atoms with van der Waals surface area (Å²) < 4.78 is 141. The van der Waals surface area contributed by atoms with Gasteiger partial charge < -0.3 is 14.7 Å². The third-order valence-corrected chi connectivity index (χ3v) is 14.2. The number of aliphatic imine (C=N–C) groups is 1. The van der Waals surface area contributed by atoms with Crippen molar-refractivity contribution in [3.05, 3.63) is 75.0 Å². The number of aliphatic carboxylic acids is 1. The largest absolute Gasteiger partial charge is 0.481 e. The van der Waals surface area contributed by atoms with E-state index in [4.69, 9.17) is 14.8 Å². The number of unbranched alkanes of at least 4 members (excludes halogenated alkanes) is 2. The summed E-state index contributed by atoms with van der Waals surface area (Å²) in [6, 6.07) is 7.98. The van der Waals surface area contributed by atoms with Gasteiger partial charge in [0.1, 0.15) is 0 Å². The molecule has 1 aliphatic heterocycles. The van der Waals surface area contributed by atoms with E-state index in [1.807, 2.05) is 27.5 Å². The minimum Gasteiger partial charge on any atom is -0.481 e. The third-order valence-electron chi connectivity index (χ3n) is 9.92. The Balaban J connectivity index is 2.32. The van der Waals surface area contributed by atoms with Gasteiger partial charge >= 0.3 is 5.97 Å². The highest BCUT2D eigenvalue weighted by atomic mass is 127. The van der Waals surface area contributed by atoms with Crippen molar-refractivity contribution in [1.29, 1.82) is 0 Å². The van der Waals surface area contributed by atoms with Crippen LogP contribution >= 0.6 is 22.6 Å². The second-order valence-electron chi connectivity index (χ2n) is 14.2. The molecule has 1 aliphatic rings. The molecule has 0 radical (unpaired) electrons. The number of carbonyl (C=O) groups is 1. The second-order valence-corrected chi connectivity index (χ2v) is 21.4. The van der Waals surface area contributed by atoms with Crippen LogP contribution in [-0.4, -0.2) is 107 Å². The monoisotopic (exact) mass is 1000 g/mol. The Bertz CT molecular complexity index is 2360. The number of allylic oxidation sites excluding steroid dienone is 4. The molecule has 0 spiro atoms. The van der Waals surface area contributed by atoms with Gasteiger partial charge in [-0.2, -0.15) is 33.7 Å². The lowest BCUT2D eigenvalue weighted by Gasteiger charge is -2.32. The van der Waals surface area contributed by atoms with Crippen LogP contribution in [-0.2, 0) is 60.8 Å². The van der Waals surface area contributed by atoms with Crippen molar-refractivity contribution in [2.45, 2.75) is 85.8 Å². The normalized spacial score (nSPS) is 18.5. The molecule has 0 bridgehead atoms. The van der Waals surface area contributed by atoms with Gasteiger partial charge in [-0.05, 0) is 135 Å². The summed E-state index contributed by atoms with van der Waals surface area (Å²) in [5.41, 5.74) is -0.167. The maximum atomic E-state index is 12.3. The third kappa shape index (κ3) is 13.9. The average molecular weight is 1000 g/mol. The van der Waals surface area contributed by atoms with E-state index >= 15 is 0 Å². The van der Waals surface area contributed by atoms with E-state index in [9.17, 15) is 56.7 Å². The Hall–Kier alpha value is -2.81. The van der Waals surface area contributed by atoms with Gasteiger partial charge in [-0.1, -0.05) is 12.5 Å². The van der Waals surface area contributed by atoms with Crippen molar-refractivity contribution < 1.29 is 66.5 Å². The van der Waals surface area contributed by atoms with Gasteiger partial charge in [-0.15, -0.1) is 0 Å². The fraction of sp³-hybridized carbons (Fsp3) is 0.500. The first-order chi connectivity index (χ1) is 26.7. The molecule has 0 saturated heterocycles. The summed E-state index contributed by atoms with van der Waals surface area (Å²) in [6.07, 6.45) is 6.17. The molecular formula is C36H49IN2O15S4. The predicted octanol–water partition coefficient (Wildman–Crippen LogP) is 5.33. The molecule has 0 aliphatic carbocycles. The van der Waals surface area contributed by atoms with E-state index in [-0.39, 0.29) is 51.8 Å². The van der Waals surface area contributed by atoms with Crippen LogP contribution in [0.1, 0.15) is 76.3 Å². The van der Waals surface area contributed by atoms with Crippen LogP contribution in [0.25, 0.3) is 0 Å². The minimum atomic E-state index is -4.69. The molecule has 22 heteroatoms. The smallest absolute Gasteiger partial charge is 0.303 e. The highest BCUT2D eigenvalue weighted by molar-refractivity contribution is 14.1. The Morgan fingerprint density at radius 3 is 2.07 bits per heavy atom. The van der Waals surface area contributed by atoms with Gasteiger partial charge in [-0.3, -0.25) is 28.0 Å². The number of fused-ring (bicyclic) bond motifs is 1. The van der Waals surface area contributed by atoms with Crippen molar-refractivity contribution >= 4 is 80.4 Å². The van der Waals surface area contributed by atoms with Crippen LogP contribution < -0.4 is 4.90 Å². The lowest BCUT2D eigenvalue weighted by molar-refractivity contribution is -0.137. The van der Waals surface area contributed by atoms with Crippen molar-refractivity contribution in [3.63, 3.8) is 0 Å². The van der Waals surface area contributed by atoms with E-state index < -0.39 is 78.6 Å². The molecule has 2 atom stereocenters. The highest BCUT2D eigenvalue weighted by Crippen LogP contribution is 2.51. The van der Waals surface area contributed by atoms with Gasteiger partial charge in [0.2, 0.25) is 0 Å². The number of carboxylic acids is 1. The number of methoxy groups -OCH3 is 1. The Morgan fingerprint density at radius 2 is 1.48 bits per heavy atom. The zero-order valence-corrected chi connectivity index (χ0v) is 37.5. The molecule has 2 aromatic carbocycles. The maximum absolute atomic E-state index is 12.3. The van der Waals surface area contributed by atoms with E-state index in [2.05, 4.69) is 0 Å². The number of halogens is 1. The van der Waals surface area contributed by atoms with Crippen LogP contribution in [0.15, 0.2) is 75.1 Å². The van der Waals surface area contributed by atoms with Gasteiger partial charge in [-0.25, -0.2) is 0 Å². The number of ether oxygens (including phenoxy) is 1. The van der Waals surface area contributed by atoms with Crippen molar-refractivity contribution in [2.75, 3.05) is 43.2 Å². The van der Waals surface area contributed by atoms with E-state index in [0.29, 0.717) is 51.1 Å². The average Bonchev–Trinajstić information content (AvgIpc) is 3.31. The fourth-order valence-electron chi connectivity index (χ4n) is 6.99. The van der Waals surface area contributed by atoms with Crippen molar-refractivity contribution in [3.8, 4) is 0 Å². The topological polar surface area (TPSA) is 280 Å². The predicted molar refractivity (Wildman–Crippen MR) is 226 cm³/mol. The molecule has 3 rings (SSSR count). The fourth-order valence-corrected chi connectivity index (χ4v) is 9.95. The van der Waals surface area contributed by atoms with Crippen LogP contribution in [0.4, 0.5) is 5.69 Å². The van der Waals surface area contributed by atoms with Crippen LogP contribution in [0.2, 0.25) is 0 Å². The Morgan fingerprint density at radius 1 is 0.879 bits per heavy atom. The summed E-state index contributed by atoms with van der Waals surface area (Å²) in [7, 11) is -16.7. The van der Waals surface area contributed by atoms with E-state index in [1.165, 1.54) is 43.5 Å². The van der Waals surface area contributed by atoms with Crippen LogP contribution in [0.3, 0.4) is 0 Å². The molecule has 17 nitrogen and oxygen atoms in total. The summed E-state index contributed by atoms with van der Waals surface area (Å²) in [5, 5.41) is 9.07. The van der Waals surface area contributed by atoms with Gasteiger partial charge in [0.15, 0.2) is 0 Å². The van der Waals surface area contributed by atoms with Gasteiger partial charge in [0, 0.05) is 58.1 Å². The first-order valence-corrected chi connectivity index (χ1v) is 25.1. The lowest BCUT2D eigenvalue weighted by atomic mass is 9.74. The molecule has 324 valence electrons. The first-order valence-electron chi connectivity index (χ1n) is 17.9. The Labute approximate surface area is 353 Å². The molecule has 1 heterocycles. The number of nitrogens with zero attached hydrogens (tertiary/aromatic N) is 2. The number of carboxylic acid groups (broad SMARTS) is 1. The van der Waals surface area contributed by atoms with Crippen molar-refractivity contribution in [1.82, 2.24) is 0 Å². The molecule has 0 amide bonds. The SMILES string of the molecule is COCCN1/C(=C/C=C/C(=NCCCCCC(=O)O)C(C)(CCCS(=O)(=O)O)c2cc(S(=O)(=O)O)ccc2I)C(C)(CCCS(=O)(=O)O)c2cc(S(=O)(=O)O)ccc21. The standard InChI is InChI=1S/C36H49IN2O15S4/c1-35(17-8-22-55(42,43)44,28-24-26(57(48,49)50)13-15-30(28)37)32(38-19-6-4-5-12-34(40)41)10-7-11-33-36(2,18-9-23-56(45,46)47)29-25-27(58(51,52)53)14-16-31(29)39(33)20-21-54-3/h7,10-11,13-16,24-25H,4-6,8-9,12,17-23H2,1-3H3,(H,40,41)(H,42,43,44)(H,45,46,47)(H,48,49,50)(H,51,52,53)/b10-7+,33-11+,38-32?. The summed E-state index contributed by atoms with van der Waals surface area (Å²) >= 11 is 1.98. The number of hydrogen-bond acceptors (Lipinski definition) is 12. The molecule has 2 aromatic rings. The van der Waals surface area contributed by atoms with E-state index in [1.54, 1.807) is 32.1 Å². The molecule has 2 unspecified atom stereocenters. The zero-order chi connectivity index (χ0) is 43.7. The molecular weight excluding hydrogens is 956 g/mol. The van der Waals surface area contributed by atoms with E-state index in [0.717, 1.165) is 0 Å². The zero-order valence-electron chi connectivity index (χ0n) is 32.1. The molecule has 0 fully saturated rings. The molecule has 5 N–H and O–H groups in total. The Kier molecular flexibility index (Phi) is 17.2. The second kappa shape index (κ2) is 20.2. The quantitative estimate of drug-likeness (QED) is 0.0407. The molecule has 0 aromatic heterocycles. The van der Waals surface area contributed by atoms with Crippen molar-refractivity contribution in [2.24, 2.45) is 4.99 Å². The summed E-state index contributed by atoms with van der Waals surface area (Å²) in [6.45, 7) is 4.08. The summed E-state index contributed by atoms with van der Waals surface area (Å²) in [5.74, 6) is -2.18. The lowest BCUT2D eigenvalue weighted by Crippen LogP contribution is -2.34. The number of anilines is 1. The first kappa shape index (κ1) is 49.6. The van der Waals surface area contributed by atoms with Crippen LogP contribution in [0.5, 0.6) is 0 Å². The number of benzene rings is 2. The molecule has 0 saturated carbocycles. The number of rotatable bonds is 23. The minimum absolute atomic E-state index is 0.00758. The highest BCUT2D eigenvalue weighted by Gasteiger charge is 2.44. The van der Waals surface area contributed by atoms with Gasteiger partial charge in [0.25, 0.3) is 40.5 Å². The van der Waals surface area contributed by atoms with Crippen LogP contribution in [0, 0.1) is 3.57 Å². The number of hydrogen-bond donors (Lipinski definition) is 5. The van der Waals surface area contributed by atoms with Gasteiger partial charge in [0.05, 0.1) is 27.9 Å². The molecule has 58 heavy (non-hydrogen) atoms.